The zero-order chi connectivity index (χ0) is 16.3. The van der Waals surface area contributed by atoms with Crippen molar-refractivity contribution in [3.8, 4) is 0 Å². The highest BCUT2D eigenvalue weighted by atomic mass is 16.6. The SMILES string of the molecule is CC(C(=O)N(C)c1ccc([N+](=O)[O-])c(N)c1)N1CCOCC1. The van der Waals surface area contributed by atoms with Gasteiger partial charge in [0.2, 0.25) is 5.91 Å². The summed E-state index contributed by atoms with van der Waals surface area (Å²) in [5, 5.41) is 10.8. The summed E-state index contributed by atoms with van der Waals surface area (Å²) in [6.07, 6.45) is 0. The lowest BCUT2D eigenvalue weighted by Crippen LogP contribution is -2.50. The molecule has 120 valence electrons. The number of rotatable bonds is 4. The van der Waals surface area contributed by atoms with Crippen molar-refractivity contribution in [1.29, 1.82) is 0 Å². The number of amides is 1. The number of nitro benzene ring substituents is 1. The molecular weight excluding hydrogens is 288 g/mol. The Morgan fingerprint density at radius 2 is 2.09 bits per heavy atom. The molecule has 1 heterocycles. The second-order valence-electron chi connectivity index (χ2n) is 5.22. The van der Waals surface area contributed by atoms with Crippen LogP contribution in [0.1, 0.15) is 6.92 Å². The van der Waals surface area contributed by atoms with Crippen molar-refractivity contribution < 1.29 is 14.5 Å². The number of nitrogens with zero attached hydrogens (tertiary/aromatic N) is 3. The van der Waals surface area contributed by atoms with Crippen LogP contribution in [0.25, 0.3) is 0 Å². The van der Waals surface area contributed by atoms with Gasteiger partial charge < -0.3 is 15.4 Å². The van der Waals surface area contributed by atoms with Crippen LogP contribution in [0.2, 0.25) is 0 Å². The minimum atomic E-state index is -0.544. The van der Waals surface area contributed by atoms with E-state index in [1.54, 1.807) is 7.05 Å². The minimum absolute atomic E-state index is 0.0428. The predicted molar refractivity (Wildman–Crippen MR) is 82.8 cm³/mol. The third-order valence-corrected chi connectivity index (χ3v) is 3.88. The van der Waals surface area contributed by atoms with Gasteiger partial charge in [-0.05, 0) is 19.1 Å². The molecule has 1 aromatic rings. The Balaban J connectivity index is 2.12. The summed E-state index contributed by atoms with van der Waals surface area (Å²) in [5.74, 6) is -0.0878. The summed E-state index contributed by atoms with van der Waals surface area (Å²) < 4.78 is 5.28. The Hall–Kier alpha value is -2.19. The van der Waals surface area contributed by atoms with Crippen molar-refractivity contribution in [2.24, 2.45) is 0 Å². The van der Waals surface area contributed by atoms with E-state index in [0.717, 1.165) is 0 Å². The zero-order valence-electron chi connectivity index (χ0n) is 12.7. The Labute approximate surface area is 128 Å². The van der Waals surface area contributed by atoms with Gasteiger partial charge in [0.1, 0.15) is 5.69 Å². The number of benzene rings is 1. The van der Waals surface area contributed by atoms with E-state index in [-0.39, 0.29) is 23.3 Å². The van der Waals surface area contributed by atoms with Gasteiger partial charge in [-0.3, -0.25) is 19.8 Å². The molecule has 22 heavy (non-hydrogen) atoms. The Morgan fingerprint density at radius 1 is 1.45 bits per heavy atom. The summed E-state index contributed by atoms with van der Waals surface area (Å²) in [5.41, 5.74) is 6.09. The number of nitro groups is 1. The van der Waals surface area contributed by atoms with Gasteiger partial charge in [0.05, 0.1) is 24.2 Å². The largest absolute Gasteiger partial charge is 0.393 e. The second-order valence-corrected chi connectivity index (χ2v) is 5.22. The van der Waals surface area contributed by atoms with Crippen LogP contribution in [0.5, 0.6) is 0 Å². The first-order valence-corrected chi connectivity index (χ1v) is 7.05. The number of ether oxygens (including phenoxy) is 1. The van der Waals surface area contributed by atoms with E-state index < -0.39 is 4.92 Å². The quantitative estimate of drug-likeness (QED) is 0.503. The van der Waals surface area contributed by atoms with Gasteiger partial charge in [-0.15, -0.1) is 0 Å². The smallest absolute Gasteiger partial charge is 0.292 e. The van der Waals surface area contributed by atoms with Crippen LogP contribution in [0.4, 0.5) is 17.1 Å². The molecule has 2 N–H and O–H groups in total. The Bertz CT molecular complexity index is 572. The van der Waals surface area contributed by atoms with Crippen LogP contribution < -0.4 is 10.6 Å². The molecule has 1 saturated heterocycles. The molecule has 0 aliphatic carbocycles. The Kier molecular flexibility index (Phi) is 4.94. The van der Waals surface area contributed by atoms with Crippen LogP contribution in [-0.2, 0) is 9.53 Å². The van der Waals surface area contributed by atoms with Gasteiger partial charge in [0.25, 0.3) is 5.69 Å². The number of anilines is 2. The van der Waals surface area contributed by atoms with Gasteiger partial charge >= 0.3 is 0 Å². The van der Waals surface area contributed by atoms with Crippen molar-refractivity contribution in [3.63, 3.8) is 0 Å². The molecular formula is C14H20N4O4. The van der Waals surface area contributed by atoms with Gasteiger partial charge in [-0.1, -0.05) is 0 Å². The highest BCUT2D eigenvalue weighted by Gasteiger charge is 2.26. The summed E-state index contributed by atoms with van der Waals surface area (Å²) in [6.45, 7) is 4.50. The zero-order valence-corrected chi connectivity index (χ0v) is 12.7. The number of nitrogens with two attached hydrogens (primary N) is 1. The fraction of sp³-hybridized carbons (Fsp3) is 0.500. The van der Waals surface area contributed by atoms with Gasteiger partial charge in [-0.25, -0.2) is 0 Å². The van der Waals surface area contributed by atoms with Crippen LogP contribution >= 0.6 is 0 Å². The first kappa shape index (κ1) is 16.2. The van der Waals surface area contributed by atoms with E-state index in [1.807, 2.05) is 6.92 Å². The summed E-state index contributed by atoms with van der Waals surface area (Å²) in [6, 6.07) is 4.00. The molecule has 1 aliphatic heterocycles. The molecule has 0 saturated carbocycles. The van der Waals surface area contributed by atoms with E-state index in [4.69, 9.17) is 10.5 Å². The van der Waals surface area contributed by atoms with Crippen molar-refractivity contribution in [3.05, 3.63) is 28.3 Å². The van der Waals surface area contributed by atoms with Crippen molar-refractivity contribution in [2.75, 3.05) is 44.0 Å². The minimum Gasteiger partial charge on any atom is -0.393 e. The molecule has 8 nitrogen and oxygen atoms in total. The maximum atomic E-state index is 12.5. The van der Waals surface area contributed by atoms with Crippen molar-refractivity contribution in [1.82, 2.24) is 4.90 Å². The van der Waals surface area contributed by atoms with E-state index in [2.05, 4.69) is 4.90 Å². The molecule has 1 aliphatic rings. The monoisotopic (exact) mass is 308 g/mol. The van der Waals surface area contributed by atoms with Crippen LogP contribution in [0.15, 0.2) is 18.2 Å². The maximum Gasteiger partial charge on any atom is 0.292 e. The number of morpholine rings is 1. The number of likely N-dealkylation sites (N-methyl/N-ethyl adjacent to an activating group) is 1. The summed E-state index contributed by atoms with van der Waals surface area (Å²) in [7, 11) is 1.64. The number of hydrogen-bond donors (Lipinski definition) is 1. The molecule has 1 aromatic carbocycles. The Morgan fingerprint density at radius 3 is 2.64 bits per heavy atom. The van der Waals surface area contributed by atoms with Crippen LogP contribution in [-0.4, -0.2) is 55.1 Å². The highest BCUT2D eigenvalue weighted by molar-refractivity contribution is 5.97. The number of nitrogen functional groups attached to an aromatic ring is 1. The average Bonchev–Trinajstić information content (AvgIpc) is 2.53. The van der Waals surface area contributed by atoms with Crippen LogP contribution in [0, 0.1) is 10.1 Å². The molecule has 0 bridgehead atoms. The average molecular weight is 308 g/mol. The number of hydrogen-bond acceptors (Lipinski definition) is 6. The molecule has 1 fully saturated rings. The predicted octanol–water partition coefficient (Wildman–Crippen LogP) is 0.861. The lowest BCUT2D eigenvalue weighted by atomic mass is 10.2. The van der Waals surface area contributed by atoms with Gasteiger partial charge in [-0.2, -0.15) is 0 Å². The lowest BCUT2D eigenvalue weighted by molar-refractivity contribution is -0.383. The first-order chi connectivity index (χ1) is 10.4. The fourth-order valence-electron chi connectivity index (χ4n) is 2.45. The molecule has 2 rings (SSSR count). The normalized spacial score (nSPS) is 17.0. The molecule has 1 unspecified atom stereocenters. The summed E-state index contributed by atoms with van der Waals surface area (Å²) in [4.78, 5) is 26.3. The second kappa shape index (κ2) is 6.71. The van der Waals surface area contributed by atoms with Gasteiger partial charge in [0.15, 0.2) is 0 Å². The molecule has 0 aromatic heterocycles. The van der Waals surface area contributed by atoms with Gasteiger partial charge in [0, 0.05) is 31.9 Å². The highest BCUT2D eigenvalue weighted by Crippen LogP contribution is 2.27. The van der Waals surface area contributed by atoms with Crippen molar-refractivity contribution in [2.45, 2.75) is 13.0 Å². The lowest BCUT2D eigenvalue weighted by Gasteiger charge is -2.33. The van der Waals surface area contributed by atoms with Crippen LogP contribution in [0.3, 0.4) is 0 Å². The fourth-order valence-corrected chi connectivity index (χ4v) is 2.45. The standard InChI is InChI=1S/C14H20N4O4/c1-10(17-5-7-22-8-6-17)14(19)16(2)11-3-4-13(18(20)21)12(15)9-11/h3-4,9-10H,5-8,15H2,1-2H3. The molecule has 8 heteroatoms. The molecule has 1 amide bonds. The van der Waals surface area contributed by atoms with Crippen molar-refractivity contribution >= 4 is 23.0 Å². The third kappa shape index (κ3) is 3.34. The molecule has 1 atom stereocenters. The van der Waals surface area contributed by atoms with E-state index >= 15 is 0 Å². The molecule has 0 radical (unpaired) electrons. The van der Waals surface area contributed by atoms with E-state index in [9.17, 15) is 14.9 Å². The maximum absolute atomic E-state index is 12.5. The number of carbonyl (C=O) groups excluding carboxylic acids is 1. The summed E-state index contributed by atoms with van der Waals surface area (Å²) >= 11 is 0. The number of carbonyl (C=O) groups is 1. The van der Waals surface area contributed by atoms with E-state index in [0.29, 0.717) is 32.0 Å². The first-order valence-electron chi connectivity index (χ1n) is 7.05. The topological polar surface area (TPSA) is 102 Å². The van der Waals surface area contributed by atoms with E-state index in [1.165, 1.54) is 23.1 Å². The molecule has 0 spiro atoms. The third-order valence-electron chi connectivity index (χ3n) is 3.88.